The van der Waals surface area contributed by atoms with Crippen LogP contribution in [-0.2, 0) is 16.0 Å². The van der Waals surface area contributed by atoms with E-state index in [9.17, 15) is 9.59 Å². The van der Waals surface area contributed by atoms with Crippen LogP contribution < -0.4 is 5.32 Å². The molecule has 5 heteroatoms. The molecule has 1 aromatic carbocycles. The molecular weight excluding hydrogens is 250 g/mol. The Morgan fingerprint density at radius 2 is 1.94 bits per heavy atom. The van der Waals surface area contributed by atoms with Gasteiger partial charge in [0.2, 0.25) is 5.91 Å². The van der Waals surface area contributed by atoms with Gasteiger partial charge in [-0.3, -0.25) is 9.59 Å². The highest BCUT2D eigenvalue weighted by atomic mass is 32.2. The van der Waals surface area contributed by atoms with Gasteiger partial charge in [-0.15, -0.1) is 11.8 Å². The number of aliphatic carboxylic acids is 1. The molecule has 0 aliphatic heterocycles. The van der Waals surface area contributed by atoms with E-state index in [1.165, 1.54) is 5.56 Å². The third-order valence-corrected chi connectivity index (χ3v) is 3.59. The van der Waals surface area contributed by atoms with Crippen molar-refractivity contribution in [1.29, 1.82) is 0 Å². The molecule has 1 aromatic rings. The lowest BCUT2D eigenvalue weighted by Crippen LogP contribution is -2.19. The molecule has 0 fully saturated rings. The number of aryl methyl sites for hydroxylation is 1. The summed E-state index contributed by atoms with van der Waals surface area (Å²) in [4.78, 5) is 22.2. The highest BCUT2D eigenvalue weighted by Crippen LogP contribution is 2.13. The smallest absolute Gasteiger partial charge is 0.316 e. The summed E-state index contributed by atoms with van der Waals surface area (Å²) in [5.74, 6) is -0.944. The summed E-state index contributed by atoms with van der Waals surface area (Å²) in [5.41, 5.74) is 1.95. The number of carboxylic acid groups (broad SMARTS) is 1. The van der Waals surface area contributed by atoms with Crippen molar-refractivity contribution in [1.82, 2.24) is 0 Å². The van der Waals surface area contributed by atoms with Crippen LogP contribution in [0, 0.1) is 0 Å². The molecule has 2 N–H and O–H groups in total. The summed E-state index contributed by atoms with van der Waals surface area (Å²) >= 11 is 1.11. The van der Waals surface area contributed by atoms with E-state index in [2.05, 4.69) is 12.2 Å². The monoisotopic (exact) mass is 267 g/mol. The van der Waals surface area contributed by atoms with Crippen LogP contribution in [-0.4, -0.2) is 28.0 Å². The molecule has 0 aliphatic carbocycles. The van der Waals surface area contributed by atoms with Crippen molar-refractivity contribution in [2.45, 2.75) is 25.5 Å². The quantitative estimate of drug-likeness (QED) is 0.830. The molecule has 0 aromatic heterocycles. The summed E-state index contributed by atoms with van der Waals surface area (Å²) in [6, 6.07) is 7.62. The van der Waals surface area contributed by atoms with Gasteiger partial charge < -0.3 is 10.4 Å². The number of carboxylic acids is 1. The first-order valence-electron chi connectivity index (χ1n) is 5.76. The van der Waals surface area contributed by atoms with Gasteiger partial charge in [0, 0.05) is 5.69 Å². The number of carbonyl (C=O) groups is 2. The zero-order valence-electron chi connectivity index (χ0n) is 10.5. The Bertz CT molecular complexity index is 417. The zero-order valence-corrected chi connectivity index (χ0v) is 11.3. The second-order valence-electron chi connectivity index (χ2n) is 3.89. The lowest BCUT2D eigenvalue weighted by molar-refractivity contribution is -0.136. The SMILES string of the molecule is CCc1ccc(NC(=O)CSC(C)C(=O)O)cc1. The molecule has 98 valence electrons. The summed E-state index contributed by atoms with van der Waals surface area (Å²) < 4.78 is 0. The first kappa shape index (κ1) is 14.6. The standard InChI is InChI=1S/C13H17NO3S/c1-3-10-4-6-11(7-5-10)14-12(15)8-18-9(2)13(16)17/h4-7,9H,3,8H2,1-2H3,(H,14,15)(H,16,17). The number of anilines is 1. The number of hydrogen-bond acceptors (Lipinski definition) is 3. The van der Waals surface area contributed by atoms with E-state index in [0.717, 1.165) is 23.9 Å². The lowest BCUT2D eigenvalue weighted by atomic mass is 10.1. The zero-order chi connectivity index (χ0) is 13.5. The van der Waals surface area contributed by atoms with E-state index in [4.69, 9.17) is 5.11 Å². The van der Waals surface area contributed by atoms with E-state index in [-0.39, 0.29) is 11.7 Å². The lowest BCUT2D eigenvalue weighted by Gasteiger charge is -2.07. The van der Waals surface area contributed by atoms with Gasteiger partial charge in [-0.05, 0) is 31.0 Å². The molecule has 0 spiro atoms. The normalized spacial score (nSPS) is 11.9. The maximum atomic E-state index is 11.6. The molecule has 0 saturated carbocycles. The first-order chi connectivity index (χ1) is 8.52. The van der Waals surface area contributed by atoms with Crippen molar-refractivity contribution >= 4 is 29.3 Å². The summed E-state index contributed by atoms with van der Waals surface area (Å²) in [7, 11) is 0. The number of nitrogens with one attached hydrogen (secondary N) is 1. The Morgan fingerprint density at radius 1 is 1.33 bits per heavy atom. The fourth-order valence-corrected chi connectivity index (χ4v) is 1.91. The molecule has 0 aliphatic rings. The van der Waals surface area contributed by atoms with E-state index in [1.807, 2.05) is 24.3 Å². The predicted octanol–water partition coefficient (Wildman–Crippen LogP) is 2.39. The van der Waals surface area contributed by atoms with E-state index < -0.39 is 11.2 Å². The van der Waals surface area contributed by atoms with Crippen molar-refractivity contribution in [3.63, 3.8) is 0 Å². The van der Waals surface area contributed by atoms with Crippen LogP contribution in [0.4, 0.5) is 5.69 Å². The third kappa shape index (κ3) is 4.79. The molecule has 1 unspecified atom stereocenters. The molecule has 18 heavy (non-hydrogen) atoms. The Labute approximate surface area is 111 Å². The molecule has 0 bridgehead atoms. The summed E-state index contributed by atoms with van der Waals surface area (Å²) in [6.07, 6.45) is 0.959. The minimum atomic E-state index is -0.903. The van der Waals surface area contributed by atoms with E-state index in [0.29, 0.717) is 0 Å². The molecule has 0 radical (unpaired) electrons. The van der Waals surface area contributed by atoms with Crippen molar-refractivity contribution in [3.05, 3.63) is 29.8 Å². The number of hydrogen-bond donors (Lipinski definition) is 2. The van der Waals surface area contributed by atoms with Gasteiger partial charge in [-0.2, -0.15) is 0 Å². The highest BCUT2D eigenvalue weighted by Gasteiger charge is 2.13. The van der Waals surface area contributed by atoms with Crippen LogP contribution in [0.1, 0.15) is 19.4 Å². The van der Waals surface area contributed by atoms with E-state index in [1.54, 1.807) is 6.92 Å². The van der Waals surface area contributed by atoms with E-state index >= 15 is 0 Å². The van der Waals surface area contributed by atoms with Crippen molar-refractivity contribution in [2.75, 3.05) is 11.1 Å². The van der Waals surface area contributed by atoms with Gasteiger partial charge in [0.05, 0.1) is 11.0 Å². The summed E-state index contributed by atoms with van der Waals surface area (Å²) in [5, 5.41) is 10.9. The van der Waals surface area contributed by atoms with Gasteiger partial charge in [0.25, 0.3) is 0 Å². The largest absolute Gasteiger partial charge is 0.480 e. The molecule has 1 rings (SSSR count). The fourth-order valence-electron chi connectivity index (χ4n) is 1.29. The third-order valence-electron chi connectivity index (χ3n) is 2.46. The molecule has 4 nitrogen and oxygen atoms in total. The maximum Gasteiger partial charge on any atom is 0.316 e. The van der Waals surface area contributed by atoms with Gasteiger partial charge in [0.15, 0.2) is 0 Å². The maximum absolute atomic E-state index is 11.6. The van der Waals surface area contributed by atoms with Gasteiger partial charge in [-0.25, -0.2) is 0 Å². The van der Waals surface area contributed by atoms with Crippen LogP contribution in [0.5, 0.6) is 0 Å². The number of thioether (sulfide) groups is 1. The van der Waals surface area contributed by atoms with Gasteiger partial charge >= 0.3 is 5.97 Å². The second kappa shape index (κ2) is 7.06. The Hall–Kier alpha value is -1.49. The molecule has 0 heterocycles. The highest BCUT2D eigenvalue weighted by molar-refractivity contribution is 8.01. The van der Waals surface area contributed by atoms with Gasteiger partial charge in [0.1, 0.15) is 0 Å². The van der Waals surface area contributed by atoms with Gasteiger partial charge in [-0.1, -0.05) is 19.1 Å². The Balaban J connectivity index is 2.42. The molecule has 0 saturated heterocycles. The topological polar surface area (TPSA) is 66.4 Å². The van der Waals surface area contributed by atoms with Crippen molar-refractivity contribution in [2.24, 2.45) is 0 Å². The predicted molar refractivity (Wildman–Crippen MR) is 74.0 cm³/mol. The number of carbonyl (C=O) groups excluding carboxylic acids is 1. The molecule has 1 amide bonds. The van der Waals surface area contributed by atoms with Crippen LogP contribution in [0.3, 0.4) is 0 Å². The van der Waals surface area contributed by atoms with Crippen LogP contribution in [0.25, 0.3) is 0 Å². The van der Waals surface area contributed by atoms with Crippen molar-refractivity contribution < 1.29 is 14.7 Å². The van der Waals surface area contributed by atoms with Crippen LogP contribution in [0.15, 0.2) is 24.3 Å². The molecule has 1 atom stereocenters. The van der Waals surface area contributed by atoms with Crippen LogP contribution in [0.2, 0.25) is 0 Å². The number of amides is 1. The Kier molecular flexibility index (Phi) is 5.71. The summed E-state index contributed by atoms with van der Waals surface area (Å²) in [6.45, 7) is 3.63. The Morgan fingerprint density at radius 3 is 2.44 bits per heavy atom. The first-order valence-corrected chi connectivity index (χ1v) is 6.81. The minimum Gasteiger partial charge on any atom is -0.480 e. The fraction of sp³-hybridized carbons (Fsp3) is 0.385. The minimum absolute atomic E-state index is 0.142. The average Bonchev–Trinajstić information content (AvgIpc) is 2.36. The number of benzene rings is 1. The average molecular weight is 267 g/mol. The second-order valence-corrected chi connectivity index (χ2v) is 5.22. The number of rotatable bonds is 6. The van der Waals surface area contributed by atoms with Crippen LogP contribution >= 0.6 is 11.8 Å². The molecular formula is C13H17NO3S. The van der Waals surface area contributed by atoms with Crippen molar-refractivity contribution in [3.8, 4) is 0 Å².